The molecule has 0 atom stereocenters. The number of benzene rings is 2. The van der Waals surface area contributed by atoms with E-state index in [2.05, 4.69) is 20.8 Å². The van der Waals surface area contributed by atoms with Crippen LogP contribution in [-0.2, 0) is 15.1 Å². The van der Waals surface area contributed by atoms with Gasteiger partial charge in [-0.05, 0) is 48.8 Å². The van der Waals surface area contributed by atoms with Gasteiger partial charge in [-0.2, -0.15) is 0 Å². The summed E-state index contributed by atoms with van der Waals surface area (Å²) in [5, 5.41) is 14.7. The summed E-state index contributed by atoms with van der Waals surface area (Å²) in [5.41, 5.74) is 10.0. The van der Waals surface area contributed by atoms with Crippen LogP contribution in [0.5, 0.6) is 0 Å². The third kappa shape index (κ3) is 5.91. The van der Waals surface area contributed by atoms with Gasteiger partial charge >= 0.3 is 0 Å². The molecule has 0 aliphatic heterocycles. The van der Waals surface area contributed by atoms with Crippen molar-refractivity contribution in [3.05, 3.63) is 66.2 Å². The van der Waals surface area contributed by atoms with Crippen molar-refractivity contribution in [2.24, 2.45) is 11.7 Å². The first-order chi connectivity index (χ1) is 18.3. The molecular weight excluding hydrogens is 481 g/mol. The fourth-order valence-electron chi connectivity index (χ4n) is 5.68. The van der Waals surface area contributed by atoms with E-state index in [-0.39, 0.29) is 23.8 Å². The van der Waals surface area contributed by atoms with E-state index >= 15 is 0 Å². The van der Waals surface area contributed by atoms with E-state index in [0.717, 1.165) is 47.9 Å². The summed E-state index contributed by atoms with van der Waals surface area (Å²) in [6.07, 6.45) is 3.86. The minimum Gasteiger partial charge on any atom is -0.354 e. The molecule has 1 aromatic heterocycles. The molecule has 3 aromatic rings. The molecule has 2 aliphatic rings. The van der Waals surface area contributed by atoms with Gasteiger partial charge in [-0.25, -0.2) is 4.39 Å². The summed E-state index contributed by atoms with van der Waals surface area (Å²) in [6.45, 7) is 1.54. The van der Waals surface area contributed by atoms with Gasteiger partial charge in [0.1, 0.15) is 11.9 Å². The molecule has 0 radical (unpaired) electrons. The van der Waals surface area contributed by atoms with E-state index in [1.165, 1.54) is 6.92 Å². The Balaban J connectivity index is 1.31. The van der Waals surface area contributed by atoms with Gasteiger partial charge < -0.3 is 16.4 Å². The van der Waals surface area contributed by atoms with Gasteiger partial charge in [-0.3, -0.25) is 9.59 Å². The largest absolute Gasteiger partial charge is 0.354 e. The lowest BCUT2D eigenvalue weighted by molar-refractivity contribution is -0.120. The molecule has 1 heterocycles. The number of alkyl halides is 1. The summed E-state index contributed by atoms with van der Waals surface area (Å²) in [4.78, 5) is 24.1. The van der Waals surface area contributed by atoms with Crippen LogP contribution >= 0.6 is 0 Å². The number of aromatic nitrogens is 2. The van der Waals surface area contributed by atoms with Crippen LogP contribution < -0.4 is 16.4 Å². The van der Waals surface area contributed by atoms with E-state index in [0.29, 0.717) is 30.8 Å². The molecule has 0 unspecified atom stereocenters. The van der Waals surface area contributed by atoms with Gasteiger partial charge in [0.15, 0.2) is 5.82 Å². The van der Waals surface area contributed by atoms with Crippen LogP contribution in [0.15, 0.2) is 60.7 Å². The first-order valence-corrected chi connectivity index (χ1v) is 13.3. The van der Waals surface area contributed by atoms with E-state index < -0.39 is 11.7 Å². The highest BCUT2D eigenvalue weighted by Gasteiger charge is 2.42. The second-order valence-electron chi connectivity index (χ2n) is 10.8. The molecule has 8 heteroatoms. The molecule has 0 saturated heterocycles. The lowest BCUT2D eigenvalue weighted by Gasteiger charge is -2.41. The van der Waals surface area contributed by atoms with Crippen LogP contribution in [0.3, 0.4) is 0 Å². The van der Waals surface area contributed by atoms with Crippen LogP contribution in [0.2, 0.25) is 0 Å². The number of nitrogens with one attached hydrogen (secondary N) is 2. The summed E-state index contributed by atoms with van der Waals surface area (Å²) >= 11 is 0. The van der Waals surface area contributed by atoms with Crippen LogP contribution in [0.1, 0.15) is 57.4 Å². The average Bonchev–Trinajstić information content (AvgIpc) is 2.89. The number of hydrogen-bond acceptors (Lipinski definition) is 5. The highest BCUT2D eigenvalue weighted by Crippen LogP contribution is 2.41. The van der Waals surface area contributed by atoms with Crippen LogP contribution in [0.25, 0.3) is 22.4 Å². The van der Waals surface area contributed by atoms with E-state index in [1.807, 2.05) is 60.7 Å². The Bertz CT molecular complexity index is 1280. The molecular formula is C30H34FN5O2. The van der Waals surface area contributed by atoms with E-state index in [9.17, 15) is 14.0 Å². The molecule has 5 rings (SSSR count). The van der Waals surface area contributed by atoms with Crippen molar-refractivity contribution < 1.29 is 14.0 Å². The van der Waals surface area contributed by atoms with Crippen LogP contribution in [-0.4, -0.2) is 34.2 Å². The fourth-order valence-corrected chi connectivity index (χ4v) is 5.68. The Labute approximate surface area is 222 Å². The zero-order valence-corrected chi connectivity index (χ0v) is 21.6. The summed E-state index contributed by atoms with van der Waals surface area (Å²) in [5.74, 6) is 0.604. The molecule has 0 spiro atoms. The normalized spacial score (nSPS) is 24.8. The van der Waals surface area contributed by atoms with Gasteiger partial charge in [0, 0.05) is 48.9 Å². The number of carbonyl (C=O) groups is 2. The number of anilines is 1. The smallest absolute Gasteiger partial charge is 0.225 e. The lowest BCUT2D eigenvalue weighted by atomic mass is 9.71. The van der Waals surface area contributed by atoms with Crippen molar-refractivity contribution >= 4 is 17.6 Å². The molecule has 4 N–H and O–H groups in total. The Morgan fingerprint density at radius 1 is 0.974 bits per heavy atom. The lowest BCUT2D eigenvalue weighted by Crippen LogP contribution is -2.50. The maximum atomic E-state index is 13.5. The highest BCUT2D eigenvalue weighted by atomic mass is 19.1. The Morgan fingerprint density at radius 3 is 2.29 bits per heavy atom. The third-order valence-corrected chi connectivity index (χ3v) is 7.78. The Kier molecular flexibility index (Phi) is 7.51. The molecule has 2 amide bonds. The molecule has 0 bridgehead atoms. The maximum Gasteiger partial charge on any atom is 0.225 e. The van der Waals surface area contributed by atoms with E-state index in [1.54, 1.807) is 0 Å². The van der Waals surface area contributed by atoms with Gasteiger partial charge in [-0.15, -0.1) is 10.2 Å². The minimum absolute atomic E-state index is 0.00465. The first-order valence-electron chi connectivity index (χ1n) is 13.3. The third-order valence-electron chi connectivity index (χ3n) is 7.78. The molecule has 2 fully saturated rings. The van der Waals surface area contributed by atoms with Gasteiger partial charge in [0.05, 0.1) is 0 Å². The molecule has 198 valence electrons. The van der Waals surface area contributed by atoms with Crippen molar-refractivity contribution in [1.82, 2.24) is 15.5 Å². The number of nitrogens with zero attached hydrogens (tertiary/aromatic N) is 2. The topological polar surface area (TPSA) is 110 Å². The maximum absolute atomic E-state index is 13.5. The molecule has 7 nitrogen and oxygen atoms in total. The standard InChI is InChI=1S/C30H34FN5O2/c1-19(37)33-25-13-7-20(8-14-25)15-28(38)34-27-16-26(21-5-3-2-4-6-21)29(36-35-27)22-9-11-23(12-10-22)30(32)17-24(31)18-30/h2-6,9-12,16,20,24-25H,7-8,13-15,17-18,32H2,1H3,(H,33,37)(H,34,35,38)/t20?,24-,25?,30+. The molecule has 2 aliphatic carbocycles. The second-order valence-corrected chi connectivity index (χ2v) is 10.8. The summed E-state index contributed by atoms with van der Waals surface area (Å²) < 4.78 is 13.5. The zero-order valence-electron chi connectivity index (χ0n) is 21.6. The van der Waals surface area contributed by atoms with Crippen molar-refractivity contribution in [3.8, 4) is 22.4 Å². The summed E-state index contributed by atoms with van der Waals surface area (Å²) in [6, 6.07) is 19.7. The van der Waals surface area contributed by atoms with Crippen molar-refractivity contribution in [3.63, 3.8) is 0 Å². The number of amides is 2. The monoisotopic (exact) mass is 515 g/mol. The zero-order chi connectivity index (χ0) is 26.7. The predicted octanol–water partition coefficient (Wildman–Crippen LogP) is 5.12. The second kappa shape index (κ2) is 11.0. The van der Waals surface area contributed by atoms with E-state index in [4.69, 9.17) is 5.73 Å². The van der Waals surface area contributed by atoms with Gasteiger partial charge in [-0.1, -0.05) is 54.6 Å². The van der Waals surface area contributed by atoms with Gasteiger partial charge in [0.2, 0.25) is 11.8 Å². The fraction of sp³-hybridized carbons (Fsp3) is 0.400. The molecule has 38 heavy (non-hydrogen) atoms. The van der Waals surface area contributed by atoms with Crippen molar-refractivity contribution in [2.45, 2.75) is 69.6 Å². The Hall–Kier alpha value is -3.65. The highest BCUT2D eigenvalue weighted by molar-refractivity contribution is 5.91. The number of halogens is 1. The number of carbonyl (C=O) groups excluding carboxylic acids is 2. The van der Waals surface area contributed by atoms with Crippen LogP contribution in [0, 0.1) is 5.92 Å². The summed E-state index contributed by atoms with van der Waals surface area (Å²) in [7, 11) is 0. The Morgan fingerprint density at radius 2 is 1.66 bits per heavy atom. The number of nitrogens with two attached hydrogens (primary N) is 1. The average molecular weight is 516 g/mol. The minimum atomic E-state index is -0.836. The van der Waals surface area contributed by atoms with Crippen molar-refractivity contribution in [2.75, 3.05) is 5.32 Å². The number of rotatable bonds is 7. The first kappa shape index (κ1) is 26.0. The number of hydrogen-bond donors (Lipinski definition) is 3. The molecule has 2 saturated carbocycles. The SMILES string of the molecule is CC(=O)NC1CCC(CC(=O)Nc2cc(-c3ccccc3)c(-c3ccc([C@]4(N)C[C@@H](F)C4)cc3)nn2)CC1. The molecule has 2 aromatic carbocycles. The van der Waals surface area contributed by atoms with Crippen molar-refractivity contribution in [1.29, 1.82) is 0 Å². The van der Waals surface area contributed by atoms with Crippen LogP contribution in [0.4, 0.5) is 10.2 Å². The quantitative estimate of drug-likeness (QED) is 0.405. The predicted molar refractivity (Wildman–Crippen MR) is 146 cm³/mol. The van der Waals surface area contributed by atoms with Gasteiger partial charge in [0.25, 0.3) is 0 Å².